The van der Waals surface area contributed by atoms with Crippen LogP contribution in [0.1, 0.15) is 18.9 Å². The molecule has 1 aromatic rings. The van der Waals surface area contributed by atoms with Gasteiger partial charge < -0.3 is 10.6 Å². The highest BCUT2D eigenvalue weighted by Gasteiger charge is 2.51. The summed E-state index contributed by atoms with van der Waals surface area (Å²) in [5.74, 6) is 0.712. The van der Waals surface area contributed by atoms with Gasteiger partial charge in [0, 0.05) is 0 Å². The van der Waals surface area contributed by atoms with Crippen LogP contribution >= 0.6 is 0 Å². The molecule has 0 spiro atoms. The number of urea groups is 1. The summed E-state index contributed by atoms with van der Waals surface area (Å²) in [6.45, 7) is 1.32. The standard InChI is InChI=1S/C16H16FN3O3/c1-3-9-18-13(21)10-20-14(22)16(4-2,19-15(20)23)11-5-7-12(17)8-6-11/h1,5-8H,4,9-10H2,2H3,(H,18,21)(H,19,23)/t16-/m0/s1. The second kappa shape index (κ2) is 6.48. The summed E-state index contributed by atoms with van der Waals surface area (Å²) in [6, 6.07) is 4.65. The van der Waals surface area contributed by atoms with Gasteiger partial charge in [0.2, 0.25) is 5.91 Å². The summed E-state index contributed by atoms with van der Waals surface area (Å²) < 4.78 is 13.1. The number of carbonyl (C=O) groups is 3. The number of terminal acetylenes is 1. The van der Waals surface area contributed by atoms with Gasteiger partial charge in [-0.25, -0.2) is 9.18 Å². The molecular weight excluding hydrogens is 301 g/mol. The fourth-order valence-electron chi connectivity index (χ4n) is 2.49. The van der Waals surface area contributed by atoms with E-state index in [1.165, 1.54) is 24.3 Å². The predicted molar refractivity (Wildman–Crippen MR) is 80.5 cm³/mol. The van der Waals surface area contributed by atoms with Gasteiger partial charge in [-0.05, 0) is 24.1 Å². The first-order valence-electron chi connectivity index (χ1n) is 7.05. The molecule has 4 amide bonds. The molecule has 7 heteroatoms. The van der Waals surface area contributed by atoms with Crippen molar-refractivity contribution in [2.75, 3.05) is 13.1 Å². The number of nitrogens with zero attached hydrogens (tertiary/aromatic N) is 1. The van der Waals surface area contributed by atoms with E-state index in [9.17, 15) is 18.8 Å². The Kier molecular flexibility index (Phi) is 4.65. The average Bonchev–Trinajstić information content (AvgIpc) is 2.78. The Morgan fingerprint density at radius 3 is 2.61 bits per heavy atom. The molecule has 2 rings (SSSR count). The van der Waals surface area contributed by atoms with Crippen molar-refractivity contribution < 1.29 is 18.8 Å². The zero-order valence-corrected chi connectivity index (χ0v) is 12.6. The lowest BCUT2D eigenvalue weighted by molar-refractivity contribution is -0.135. The van der Waals surface area contributed by atoms with Crippen molar-refractivity contribution in [3.63, 3.8) is 0 Å². The topological polar surface area (TPSA) is 78.5 Å². The summed E-state index contributed by atoms with van der Waals surface area (Å²) >= 11 is 0. The van der Waals surface area contributed by atoms with Crippen LogP contribution in [0.15, 0.2) is 24.3 Å². The number of imide groups is 1. The molecule has 23 heavy (non-hydrogen) atoms. The Balaban J connectivity index is 2.26. The Labute approximate surface area is 133 Å². The monoisotopic (exact) mass is 317 g/mol. The van der Waals surface area contributed by atoms with Gasteiger partial charge in [-0.2, -0.15) is 0 Å². The van der Waals surface area contributed by atoms with E-state index in [4.69, 9.17) is 6.42 Å². The van der Waals surface area contributed by atoms with Crippen molar-refractivity contribution in [3.05, 3.63) is 35.6 Å². The highest BCUT2D eigenvalue weighted by molar-refractivity contribution is 6.09. The lowest BCUT2D eigenvalue weighted by Crippen LogP contribution is -2.44. The third-order valence-electron chi connectivity index (χ3n) is 3.73. The largest absolute Gasteiger partial charge is 0.344 e. The van der Waals surface area contributed by atoms with Crippen LogP contribution in [-0.2, 0) is 15.1 Å². The number of carbonyl (C=O) groups excluding carboxylic acids is 3. The number of halogens is 1. The molecule has 1 aromatic carbocycles. The van der Waals surface area contributed by atoms with Crippen molar-refractivity contribution >= 4 is 17.8 Å². The van der Waals surface area contributed by atoms with Crippen LogP contribution < -0.4 is 10.6 Å². The normalized spacial score (nSPS) is 20.1. The van der Waals surface area contributed by atoms with Crippen LogP contribution in [-0.4, -0.2) is 35.8 Å². The molecule has 0 saturated carbocycles. The van der Waals surface area contributed by atoms with E-state index in [1.54, 1.807) is 6.92 Å². The fourth-order valence-corrected chi connectivity index (χ4v) is 2.49. The Morgan fingerprint density at radius 2 is 2.04 bits per heavy atom. The van der Waals surface area contributed by atoms with E-state index in [0.29, 0.717) is 5.56 Å². The van der Waals surface area contributed by atoms with Crippen molar-refractivity contribution in [2.45, 2.75) is 18.9 Å². The number of hydrogen-bond donors (Lipinski definition) is 2. The second-order valence-electron chi connectivity index (χ2n) is 5.07. The van der Waals surface area contributed by atoms with E-state index in [1.807, 2.05) is 0 Å². The molecule has 0 aromatic heterocycles. The van der Waals surface area contributed by atoms with Crippen molar-refractivity contribution in [2.24, 2.45) is 0 Å². The molecule has 1 saturated heterocycles. The maximum atomic E-state index is 13.1. The van der Waals surface area contributed by atoms with Gasteiger partial charge in [-0.15, -0.1) is 6.42 Å². The third kappa shape index (κ3) is 3.01. The van der Waals surface area contributed by atoms with Gasteiger partial charge >= 0.3 is 6.03 Å². The summed E-state index contributed by atoms with van der Waals surface area (Å²) in [5, 5.41) is 5.00. The minimum Gasteiger partial charge on any atom is -0.344 e. The average molecular weight is 317 g/mol. The molecule has 6 nitrogen and oxygen atoms in total. The maximum Gasteiger partial charge on any atom is 0.325 e. The summed E-state index contributed by atoms with van der Waals surface area (Å²) in [6.07, 6.45) is 5.31. The molecule has 0 bridgehead atoms. The lowest BCUT2D eigenvalue weighted by atomic mass is 9.87. The number of rotatable bonds is 5. The van der Waals surface area contributed by atoms with Gasteiger partial charge in [0.25, 0.3) is 5.91 Å². The highest BCUT2D eigenvalue weighted by atomic mass is 19.1. The molecule has 1 aliphatic rings. The first-order valence-corrected chi connectivity index (χ1v) is 7.05. The maximum absolute atomic E-state index is 13.1. The number of hydrogen-bond acceptors (Lipinski definition) is 3. The van der Waals surface area contributed by atoms with Gasteiger partial charge in [0.15, 0.2) is 0 Å². The minimum atomic E-state index is -1.29. The molecule has 1 fully saturated rings. The highest BCUT2D eigenvalue weighted by Crippen LogP contribution is 2.32. The van der Waals surface area contributed by atoms with Crippen LogP contribution in [0.4, 0.5) is 9.18 Å². The zero-order chi connectivity index (χ0) is 17.0. The van der Waals surface area contributed by atoms with Crippen molar-refractivity contribution in [1.29, 1.82) is 0 Å². The van der Waals surface area contributed by atoms with Crippen LogP contribution in [0.25, 0.3) is 0 Å². The van der Waals surface area contributed by atoms with Crippen LogP contribution in [0.5, 0.6) is 0 Å². The molecule has 1 atom stereocenters. The SMILES string of the molecule is C#CCNC(=O)CN1C(=O)N[C@@](CC)(c2ccc(F)cc2)C1=O. The number of benzene rings is 1. The fraction of sp³-hybridized carbons (Fsp3) is 0.312. The second-order valence-corrected chi connectivity index (χ2v) is 5.07. The Bertz CT molecular complexity index is 681. The quantitative estimate of drug-likeness (QED) is 0.621. The molecular formula is C16H16FN3O3. The Morgan fingerprint density at radius 1 is 1.39 bits per heavy atom. The Hall–Kier alpha value is -2.88. The van der Waals surface area contributed by atoms with E-state index in [0.717, 1.165) is 4.90 Å². The lowest BCUT2D eigenvalue weighted by Gasteiger charge is -2.25. The smallest absolute Gasteiger partial charge is 0.325 e. The summed E-state index contributed by atoms with van der Waals surface area (Å²) in [5.41, 5.74) is -0.830. The van der Waals surface area contributed by atoms with Crippen LogP contribution in [0.3, 0.4) is 0 Å². The number of amides is 4. The first kappa shape index (κ1) is 16.5. The van der Waals surface area contributed by atoms with Gasteiger partial charge in [0.05, 0.1) is 6.54 Å². The predicted octanol–water partition coefficient (Wildman–Crippen LogP) is 0.732. The molecule has 0 unspecified atom stereocenters. The van der Waals surface area contributed by atoms with E-state index in [-0.39, 0.29) is 13.0 Å². The molecule has 1 heterocycles. The first-order chi connectivity index (χ1) is 10.9. The van der Waals surface area contributed by atoms with Crippen molar-refractivity contribution in [3.8, 4) is 12.3 Å². The van der Waals surface area contributed by atoms with Gasteiger partial charge in [-0.3, -0.25) is 14.5 Å². The summed E-state index contributed by atoms with van der Waals surface area (Å²) in [4.78, 5) is 37.3. The molecule has 0 aliphatic carbocycles. The molecule has 1 aliphatic heterocycles. The molecule has 0 radical (unpaired) electrons. The zero-order valence-electron chi connectivity index (χ0n) is 12.6. The molecule has 120 valence electrons. The molecule has 2 N–H and O–H groups in total. The van der Waals surface area contributed by atoms with Crippen LogP contribution in [0.2, 0.25) is 0 Å². The van der Waals surface area contributed by atoms with E-state index >= 15 is 0 Å². The third-order valence-corrected chi connectivity index (χ3v) is 3.73. The number of nitrogens with one attached hydrogen (secondary N) is 2. The van der Waals surface area contributed by atoms with E-state index in [2.05, 4.69) is 16.6 Å². The van der Waals surface area contributed by atoms with Crippen molar-refractivity contribution in [1.82, 2.24) is 15.5 Å². The van der Waals surface area contributed by atoms with E-state index < -0.39 is 35.7 Å². The minimum absolute atomic E-state index is 0.0133. The van der Waals surface area contributed by atoms with Crippen LogP contribution in [0, 0.1) is 18.2 Å². The van der Waals surface area contributed by atoms with Gasteiger partial charge in [-0.1, -0.05) is 25.0 Å². The van der Waals surface area contributed by atoms with Gasteiger partial charge in [0.1, 0.15) is 17.9 Å². The summed E-state index contributed by atoms with van der Waals surface area (Å²) in [7, 11) is 0.